The molecule has 2 saturated heterocycles. The van der Waals surface area contributed by atoms with Gasteiger partial charge in [-0.05, 0) is 36.8 Å². The highest BCUT2D eigenvalue weighted by Gasteiger charge is 2.28. The summed E-state index contributed by atoms with van der Waals surface area (Å²) in [5.74, 6) is 0.0461. The van der Waals surface area contributed by atoms with Crippen molar-refractivity contribution in [1.29, 1.82) is 0 Å². The van der Waals surface area contributed by atoms with Crippen LogP contribution in [0.5, 0.6) is 0 Å². The summed E-state index contributed by atoms with van der Waals surface area (Å²) in [5, 5.41) is 0. The Morgan fingerprint density at radius 2 is 1.48 bits per heavy atom. The SMILES string of the molecule is Cc1ccc(S(=O)(=O)N2CCN(Cc3ccc(C(=O)N4CCOCC4)cc3)CC2)cc1. The summed E-state index contributed by atoms with van der Waals surface area (Å²) in [7, 11) is -3.45. The third kappa shape index (κ3) is 5.15. The first kappa shape index (κ1) is 22.0. The zero-order valence-electron chi connectivity index (χ0n) is 17.9. The van der Waals surface area contributed by atoms with E-state index in [4.69, 9.17) is 4.74 Å². The van der Waals surface area contributed by atoms with Crippen LogP contribution in [0.1, 0.15) is 21.5 Å². The minimum Gasteiger partial charge on any atom is -0.378 e. The van der Waals surface area contributed by atoms with E-state index < -0.39 is 10.0 Å². The molecule has 0 aromatic heterocycles. The van der Waals surface area contributed by atoms with Gasteiger partial charge in [0, 0.05) is 51.4 Å². The van der Waals surface area contributed by atoms with Crippen molar-refractivity contribution in [3.63, 3.8) is 0 Å². The van der Waals surface area contributed by atoms with Crippen molar-refractivity contribution in [1.82, 2.24) is 14.1 Å². The zero-order chi connectivity index (χ0) is 21.8. The van der Waals surface area contributed by atoms with E-state index in [1.54, 1.807) is 16.4 Å². The fourth-order valence-electron chi connectivity index (χ4n) is 3.95. The second-order valence-electron chi connectivity index (χ2n) is 8.09. The lowest BCUT2D eigenvalue weighted by atomic mass is 10.1. The lowest BCUT2D eigenvalue weighted by Crippen LogP contribution is -2.48. The van der Waals surface area contributed by atoms with Gasteiger partial charge in [-0.3, -0.25) is 9.69 Å². The molecule has 2 aliphatic heterocycles. The molecule has 2 aromatic rings. The molecule has 0 radical (unpaired) electrons. The maximum atomic E-state index is 12.9. The van der Waals surface area contributed by atoms with Crippen LogP contribution in [0, 0.1) is 6.92 Å². The number of nitrogens with zero attached hydrogens (tertiary/aromatic N) is 3. The third-order valence-electron chi connectivity index (χ3n) is 5.90. The first-order valence-electron chi connectivity index (χ1n) is 10.7. The van der Waals surface area contributed by atoms with Gasteiger partial charge in [-0.25, -0.2) is 8.42 Å². The first-order chi connectivity index (χ1) is 14.9. The molecular formula is C23H29N3O4S. The van der Waals surface area contributed by atoms with Gasteiger partial charge in [0.1, 0.15) is 0 Å². The number of carbonyl (C=O) groups excluding carboxylic acids is 1. The predicted molar refractivity (Wildman–Crippen MR) is 118 cm³/mol. The van der Waals surface area contributed by atoms with Crippen LogP contribution in [0.3, 0.4) is 0 Å². The summed E-state index contributed by atoms with van der Waals surface area (Å²) in [5.41, 5.74) is 2.86. The van der Waals surface area contributed by atoms with Crippen LogP contribution in [-0.4, -0.2) is 80.9 Å². The van der Waals surface area contributed by atoms with Gasteiger partial charge in [0.2, 0.25) is 10.0 Å². The number of aryl methyl sites for hydroxylation is 1. The Bertz CT molecular complexity index is 992. The van der Waals surface area contributed by atoms with Crippen molar-refractivity contribution in [2.24, 2.45) is 0 Å². The normalized spacial score (nSPS) is 18.8. The molecule has 0 aliphatic carbocycles. The smallest absolute Gasteiger partial charge is 0.254 e. The van der Waals surface area contributed by atoms with Gasteiger partial charge < -0.3 is 9.64 Å². The van der Waals surface area contributed by atoms with Gasteiger partial charge in [0.25, 0.3) is 5.91 Å². The predicted octanol–water partition coefficient (Wildman–Crippen LogP) is 1.97. The largest absolute Gasteiger partial charge is 0.378 e. The molecule has 4 rings (SSSR count). The van der Waals surface area contributed by atoms with E-state index in [-0.39, 0.29) is 5.91 Å². The van der Waals surface area contributed by atoms with Gasteiger partial charge in [0.05, 0.1) is 18.1 Å². The van der Waals surface area contributed by atoms with Crippen LogP contribution in [-0.2, 0) is 21.3 Å². The Morgan fingerprint density at radius 1 is 0.871 bits per heavy atom. The topological polar surface area (TPSA) is 70.2 Å². The molecule has 0 atom stereocenters. The number of sulfonamides is 1. The lowest BCUT2D eigenvalue weighted by Gasteiger charge is -2.34. The van der Waals surface area contributed by atoms with E-state index >= 15 is 0 Å². The molecule has 7 nitrogen and oxygen atoms in total. The number of hydrogen-bond acceptors (Lipinski definition) is 5. The standard InChI is InChI=1S/C23H29N3O4S/c1-19-2-8-22(9-3-19)31(28,29)26-12-10-24(11-13-26)18-20-4-6-21(7-5-20)23(27)25-14-16-30-17-15-25/h2-9H,10-18H2,1H3. The number of benzene rings is 2. The molecule has 2 fully saturated rings. The van der Waals surface area contributed by atoms with Crippen molar-refractivity contribution < 1.29 is 17.9 Å². The highest BCUT2D eigenvalue weighted by atomic mass is 32.2. The summed E-state index contributed by atoms with van der Waals surface area (Å²) in [4.78, 5) is 17.0. The molecule has 0 N–H and O–H groups in total. The fourth-order valence-corrected chi connectivity index (χ4v) is 5.37. The summed E-state index contributed by atoms with van der Waals surface area (Å²) in [6.45, 7) is 7.45. The third-order valence-corrected chi connectivity index (χ3v) is 7.81. The zero-order valence-corrected chi connectivity index (χ0v) is 18.7. The summed E-state index contributed by atoms with van der Waals surface area (Å²) < 4.78 is 32.6. The summed E-state index contributed by atoms with van der Waals surface area (Å²) >= 11 is 0. The average molecular weight is 444 g/mol. The van der Waals surface area contributed by atoms with Crippen LogP contribution in [0.25, 0.3) is 0 Å². The van der Waals surface area contributed by atoms with E-state index in [0.29, 0.717) is 62.9 Å². The maximum Gasteiger partial charge on any atom is 0.254 e. The van der Waals surface area contributed by atoms with Crippen molar-refractivity contribution in [3.8, 4) is 0 Å². The van der Waals surface area contributed by atoms with Crippen molar-refractivity contribution >= 4 is 15.9 Å². The molecule has 8 heteroatoms. The van der Waals surface area contributed by atoms with E-state index in [9.17, 15) is 13.2 Å². The van der Waals surface area contributed by atoms with Crippen molar-refractivity contribution in [2.45, 2.75) is 18.4 Å². The van der Waals surface area contributed by atoms with E-state index in [1.165, 1.54) is 0 Å². The lowest BCUT2D eigenvalue weighted by molar-refractivity contribution is 0.0303. The number of morpholine rings is 1. The molecule has 0 saturated carbocycles. The van der Waals surface area contributed by atoms with Crippen LogP contribution >= 0.6 is 0 Å². The molecule has 166 valence electrons. The number of rotatable bonds is 5. The van der Waals surface area contributed by atoms with Gasteiger partial charge in [-0.15, -0.1) is 0 Å². The molecule has 0 bridgehead atoms. The Hall–Kier alpha value is -2.26. The molecule has 2 heterocycles. The maximum absolute atomic E-state index is 12.9. The van der Waals surface area contributed by atoms with Crippen LogP contribution in [0.15, 0.2) is 53.4 Å². The molecular weight excluding hydrogens is 414 g/mol. The van der Waals surface area contributed by atoms with E-state index in [0.717, 1.165) is 17.7 Å². The number of amides is 1. The second kappa shape index (κ2) is 9.48. The number of hydrogen-bond donors (Lipinski definition) is 0. The Labute approximate surface area is 184 Å². The highest BCUT2D eigenvalue weighted by molar-refractivity contribution is 7.89. The summed E-state index contributed by atoms with van der Waals surface area (Å²) in [6.07, 6.45) is 0. The van der Waals surface area contributed by atoms with Gasteiger partial charge in [-0.2, -0.15) is 4.31 Å². The van der Waals surface area contributed by atoms with Crippen LogP contribution in [0.4, 0.5) is 0 Å². The van der Waals surface area contributed by atoms with E-state index in [2.05, 4.69) is 4.90 Å². The molecule has 0 unspecified atom stereocenters. The van der Waals surface area contributed by atoms with Crippen molar-refractivity contribution in [3.05, 3.63) is 65.2 Å². The molecule has 2 aromatic carbocycles. The Morgan fingerprint density at radius 3 is 2.10 bits per heavy atom. The molecule has 2 aliphatic rings. The summed E-state index contributed by atoms with van der Waals surface area (Å²) in [6, 6.07) is 14.8. The van der Waals surface area contributed by atoms with Gasteiger partial charge in [-0.1, -0.05) is 29.8 Å². The van der Waals surface area contributed by atoms with Gasteiger partial charge in [0.15, 0.2) is 0 Å². The fraction of sp³-hybridized carbons (Fsp3) is 0.435. The number of ether oxygens (including phenoxy) is 1. The number of carbonyl (C=O) groups is 1. The van der Waals surface area contributed by atoms with Crippen LogP contribution < -0.4 is 0 Å². The number of piperazine rings is 1. The molecule has 31 heavy (non-hydrogen) atoms. The second-order valence-corrected chi connectivity index (χ2v) is 10.0. The Balaban J connectivity index is 1.31. The molecule has 0 spiro atoms. The quantitative estimate of drug-likeness (QED) is 0.707. The van der Waals surface area contributed by atoms with Crippen LogP contribution in [0.2, 0.25) is 0 Å². The minimum absolute atomic E-state index is 0.0461. The molecule has 1 amide bonds. The Kier molecular flexibility index (Phi) is 6.71. The first-order valence-corrected chi connectivity index (χ1v) is 12.1. The van der Waals surface area contributed by atoms with Gasteiger partial charge >= 0.3 is 0 Å². The average Bonchev–Trinajstić information content (AvgIpc) is 2.80. The van der Waals surface area contributed by atoms with E-state index in [1.807, 2.05) is 48.2 Å². The monoisotopic (exact) mass is 443 g/mol. The van der Waals surface area contributed by atoms with Crippen molar-refractivity contribution in [2.75, 3.05) is 52.5 Å². The highest BCUT2D eigenvalue weighted by Crippen LogP contribution is 2.19. The minimum atomic E-state index is -3.45.